The second-order valence-corrected chi connectivity index (χ2v) is 5.47. The zero-order chi connectivity index (χ0) is 12.3. The van der Waals surface area contributed by atoms with Crippen LogP contribution in [-0.4, -0.2) is 47.8 Å². The summed E-state index contributed by atoms with van der Waals surface area (Å²) in [7, 11) is 0. The maximum Gasteiger partial charge on any atom is 0.320 e. The average Bonchev–Trinajstić information content (AvgIpc) is 2.32. The van der Waals surface area contributed by atoms with Crippen molar-refractivity contribution in [3.8, 4) is 0 Å². The molecule has 17 heavy (non-hydrogen) atoms. The Morgan fingerprint density at radius 3 is 2.88 bits per heavy atom. The summed E-state index contributed by atoms with van der Waals surface area (Å²) in [5.41, 5.74) is 0. The molecule has 0 spiro atoms. The highest BCUT2D eigenvalue weighted by Crippen LogP contribution is 2.24. The van der Waals surface area contributed by atoms with Gasteiger partial charge in [0.1, 0.15) is 6.04 Å². The minimum Gasteiger partial charge on any atom is -0.480 e. The molecule has 3 atom stereocenters. The van der Waals surface area contributed by atoms with Gasteiger partial charge >= 0.3 is 5.97 Å². The van der Waals surface area contributed by atoms with Gasteiger partial charge < -0.3 is 9.84 Å². The molecule has 0 saturated carbocycles. The second-order valence-electron chi connectivity index (χ2n) is 5.47. The second kappa shape index (κ2) is 5.83. The van der Waals surface area contributed by atoms with Crippen molar-refractivity contribution < 1.29 is 14.6 Å². The van der Waals surface area contributed by atoms with E-state index in [1.54, 1.807) is 0 Å². The van der Waals surface area contributed by atoms with Gasteiger partial charge in [-0.1, -0.05) is 6.92 Å². The summed E-state index contributed by atoms with van der Waals surface area (Å²) < 4.78 is 5.70. The molecule has 2 aliphatic heterocycles. The van der Waals surface area contributed by atoms with Gasteiger partial charge in [0.05, 0.1) is 6.10 Å². The third-order valence-corrected chi connectivity index (χ3v) is 3.97. The number of piperidine rings is 1. The summed E-state index contributed by atoms with van der Waals surface area (Å²) in [6.07, 6.45) is 5.58. The third kappa shape index (κ3) is 3.42. The van der Waals surface area contributed by atoms with Crippen molar-refractivity contribution in [1.82, 2.24) is 4.90 Å². The van der Waals surface area contributed by atoms with Crippen molar-refractivity contribution in [2.24, 2.45) is 5.92 Å². The Morgan fingerprint density at radius 1 is 1.41 bits per heavy atom. The summed E-state index contributed by atoms with van der Waals surface area (Å²) in [5, 5.41) is 9.27. The first-order chi connectivity index (χ1) is 8.16. The van der Waals surface area contributed by atoms with Crippen molar-refractivity contribution in [2.75, 3.05) is 19.7 Å². The number of ether oxygens (including phenoxy) is 1. The van der Waals surface area contributed by atoms with Crippen LogP contribution in [-0.2, 0) is 9.53 Å². The number of hydrogen-bond donors (Lipinski definition) is 1. The lowest BCUT2D eigenvalue weighted by Gasteiger charge is -2.38. The number of carboxylic acids is 1. The van der Waals surface area contributed by atoms with Crippen molar-refractivity contribution in [3.05, 3.63) is 0 Å². The lowest BCUT2D eigenvalue weighted by atomic mass is 9.92. The van der Waals surface area contributed by atoms with E-state index in [9.17, 15) is 9.90 Å². The Hall–Kier alpha value is -0.610. The van der Waals surface area contributed by atoms with Crippen LogP contribution < -0.4 is 0 Å². The van der Waals surface area contributed by atoms with Crippen molar-refractivity contribution >= 4 is 5.97 Å². The molecule has 0 aliphatic carbocycles. The predicted molar refractivity (Wildman–Crippen MR) is 65.0 cm³/mol. The molecule has 0 aromatic heterocycles. The molecule has 0 aromatic carbocycles. The summed E-state index contributed by atoms with van der Waals surface area (Å²) in [4.78, 5) is 13.4. The summed E-state index contributed by atoms with van der Waals surface area (Å²) in [5.74, 6) is -0.146. The Balaban J connectivity index is 1.90. The van der Waals surface area contributed by atoms with Crippen molar-refractivity contribution in [2.45, 2.75) is 51.2 Å². The van der Waals surface area contributed by atoms with Crippen LogP contribution in [0.1, 0.15) is 39.0 Å². The van der Waals surface area contributed by atoms with E-state index in [1.807, 2.05) is 0 Å². The Kier molecular flexibility index (Phi) is 4.40. The van der Waals surface area contributed by atoms with E-state index >= 15 is 0 Å². The molecule has 4 heteroatoms. The van der Waals surface area contributed by atoms with Crippen LogP contribution in [0.25, 0.3) is 0 Å². The van der Waals surface area contributed by atoms with Gasteiger partial charge in [-0.2, -0.15) is 0 Å². The van der Waals surface area contributed by atoms with E-state index in [0.717, 1.165) is 45.4 Å². The molecule has 0 amide bonds. The van der Waals surface area contributed by atoms with Gasteiger partial charge in [0.25, 0.3) is 0 Å². The van der Waals surface area contributed by atoms with Gasteiger partial charge in [0, 0.05) is 13.2 Å². The predicted octanol–water partition coefficient (Wildman–Crippen LogP) is 1.74. The lowest BCUT2D eigenvalue weighted by Crippen LogP contribution is -2.50. The molecule has 2 aliphatic rings. The third-order valence-electron chi connectivity index (χ3n) is 3.97. The summed E-state index contributed by atoms with van der Waals surface area (Å²) in [6, 6.07) is -0.302. The maximum atomic E-state index is 11.3. The Bertz CT molecular complexity index is 263. The highest BCUT2D eigenvalue weighted by Gasteiger charge is 2.33. The van der Waals surface area contributed by atoms with Crippen LogP contribution in [0, 0.1) is 5.92 Å². The van der Waals surface area contributed by atoms with Crippen LogP contribution in [0.5, 0.6) is 0 Å². The van der Waals surface area contributed by atoms with Crippen LogP contribution in [0.4, 0.5) is 0 Å². The minimum atomic E-state index is -0.674. The average molecular weight is 241 g/mol. The molecule has 0 bridgehead atoms. The fourth-order valence-electron chi connectivity index (χ4n) is 2.88. The first-order valence-electron chi connectivity index (χ1n) is 6.75. The topological polar surface area (TPSA) is 49.8 Å². The zero-order valence-electron chi connectivity index (χ0n) is 10.6. The number of carbonyl (C=O) groups is 1. The standard InChI is InChI=1S/C13H23NO3/c1-10-5-6-14(12(8-10)13(15)16)9-11-4-2-3-7-17-11/h10-12H,2-9H2,1H3,(H,15,16). The first kappa shape index (κ1) is 12.8. The number of likely N-dealkylation sites (tertiary alicyclic amines) is 1. The number of carboxylic acid groups (broad SMARTS) is 1. The van der Waals surface area contributed by atoms with Gasteiger partial charge in [-0.05, 0) is 44.6 Å². The van der Waals surface area contributed by atoms with E-state index in [-0.39, 0.29) is 12.1 Å². The number of aliphatic carboxylic acids is 1. The molecule has 0 radical (unpaired) electrons. The van der Waals surface area contributed by atoms with E-state index < -0.39 is 5.97 Å². The molecular weight excluding hydrogens is 218 g/mol. The number of rotatable bonds is 3. The molecule has 3 unspecified atom stereocenters. The Labute approximate surface area is 103 Å². The van der Waals surface area contributed by atoms with Gasteiger partial charge in [0.15, 0.2) is 0 Å². The monoisotopic (exact) mass is 241 g/mol. The molecule has 98 valence electrons. The summed E-state index contributed by atoms with van der Waals surface area (Å²) >= 11 is 0. The highest BCUT2D eigenvalue weighted by atomic mass is 16.5. The van der Waals surface area contributed by atoms with Gasteiger partial charge in [-0.3, -0.25) is 9.69 Å². The van der Waals surface area contributed by atoms with E-state index in [2.05, 4.69) is 11.8 Å². The minimum absolute atomic E-state index is 0.249. The quantitative estimate of drug-likeness (QED) is 0.817. The SMILES string of the molecule is CC1CCN(CC2CCCCO2)C(C(=O)O)C1. The van der Waals surface area contributed by atoms with Crippen LogP contribution in [0.3, 0.4) is 0 Å². The van der Waals surface area contributed by atoms with E-state index in [1.165, 1.54) is 6.42 Å². The number of hydrogen-bond acceptors (Lipinski definition) is 3. The Morgan fingerprint density at radius 2 is 2.24 bits per heavy atom. The number of nitrogens with zero attached hydrogens (tertiary/aromatic N) is 1. The van der Waals surface area contributed by atoms with Crippen LogP contribution >= 0.6 is 0 Å². The lowest BCUT2D eigenvalue weighted by molar-refractivity contribution is -0.146. The largest absolute Gasteiger partial charge is 0.480 e. The van der Waals surface area contributed by atoms with Gasteiger partial charge in [-0.15, -0.1) is 0 Å². The molecule has 2 fully saturated rings. The molecule has 4 nitrogen and oxygen atoms in total. The normalized spacial score (nSPS) is 35.7. The molecular formula is C13H23NO3. The molecule has 0 aromatic rings. The zero-order valence-corrected chi connectivity index (χ0v) is 10.6. The molecule has 2 rings (SSSR count). The maximum absolute atomic E-state index is 11.3. The fraction of sp³-hybridized carbons (Fsp3) is 0.923. The van der Waals surface area contributed by atoms with Crippen molar-refractivity contribution in [1.29, 1.82) is 0 Å². The molecule has 2 saturated heterocycles. The van der Waals surface area contributed by atoms with Gasteiger partial charge in [-0.25, -0.2) is 0 Å². The van der Waals surface area contributed by atoms with E-state index in [0.29, 0.717) is 5.92 Å². The highest BCUT2D eigenvalue weighted by molar-refractivity contribution is 5.73. The van der Waals surface area contributed by atoms with Crippen LogP contribution in [0.2, 0.25) is 0 Å². The van der Waals surface area contributed by atoms with Crippen LogP contribution in [0.15, 0.2) is 0 Å². The first-order valence-corrected chi connectivity index (χ1v) is 6.75. The smallest absolute Gasteiger partial charge is 0.320 e. The van der Waals surface area contributed by atoms with Crippen molar-refractivity contribution in [3.63, 3.8) is 0 Å². The summed E-state index contributed by atoms with van der Waals surface area (Å²) in [6.45, 7) is 4.68. The molecule has 1 N–H and O–H groups in total. The van der Waals surface area contributed by atoms with Gasteiger partial charge in [0.2, 0.25) is 0 Å². The van der Waals surface area contributed by atoms with E-state index in [4.69, 9.17) is 4.74 Å². The fourth-order valence-corrected chi connectivity index (χ4v) is 2.88. The molecule has 2 heterocycles.